The Morgan fingerprint density at radius 3 is 2.32 bits per heavy atom. The summed E-state index contributed by atoms with van der Waals surface area (Å²) in [5.41, 5.74) is -0.182. The quantitative estimate of drug-likeness (QED) is 0.696. The van der Waals surface area contributed by atoms with E-state index in [0.29, 0.717) is 12.5 Å². The Hall–Kier alpha value is -1.06. The maximum Gasteiger partial charge on any atom is 0.307 e. The van der Waals surface area contributed by atoms with E-state index >= 15 is 0 Å². The van der Waals surface area contributed by atoms with Crippen LogP contribution in [0, 0.1) is 11.3 Å². The summed E-state index contributed by atoms with van der Waals surface area (Å²) in [5.74, 6) is 0.475. The van der Waals surface area contributed by atoms with Crippen LogP contribution >= 0.6 is 0 Å². The van der Waals surface area contributed by atoms with Gasteiger partial charge in [0.2, 0.25) is 5.91 Å². The van der Waals surface area contributed by atoms with Crippen molar-refractivity contribution in [2.24, 2.45) is 11.3 Å². The first kappa shape index (κ1) is 16.0. The van der Waals surface area contributed by atoms with Crippen molar-refractivity contribution in [1.82, 2.24) is 4.90 Å². The third-order valence-corrected chi connectivity index (χ3v) is 4.04. The first-order chi connectivity index (χ1) is 8.91. The third-order valence-electron chi connectivity index (χ3n) is 4.04. The largest absolute Gasteiger partial charge is 0.469 e. The lowest BCUT2D eigenvalue weighted by molar-refractivity contribution is -0.144. The molecule has 110 valence electrons. The zero-order chi connectivity index (χ0) is 14.5. The minimum Gasteiger partial charge on any atom is -0.469 e. The summed E-state index contributed by atoms with van der Waals surface area (Å²) in [6, 6.07) is 0. The highest BCUT2D eigenvalue weighted by Crippen LogP contribution is 2.44. The summed E-state index contributed by atoms with van der Waals surface area (Å²) < 4.78 is 4.62. The van der Waals surface area contributed by atoms with Crippen LogP contribution in [-0.4, -0.2) is 37.5 Å². The monoisotopic (exact) mass is 269 g/mol. The highest BCUT2D eigenvalue weighted by atomic mass is 16.5. The van der Waals surface area contributed by atoms with E-state index in [0.717, 1.165) is 32.1 Å². The SMILES string of the molecule is COC(=O)CCN(C)C(=O)C1(CC(C)C)CCCC1. The van der Waals surface area contributed by atoms with Gasteiger partial charge in [0, 0.05) is 19.0 Å². The van der Waals surface area contributed by atoms with Crippen molar-refractivity contribution in [3.05, 3.63) is 0 Å². The maximum absolute atomic E-state index is 12.7. The van der Waals surface area contributed by atoms with Gasteiger partial charge in [0.1, 0.15) is 0 Å². The lowest BCUT2D eigenvalue weighted by Gasteiger charge is -2.33. The number of carbonyl (C=O) groups is 2. The Balaban J connectivity index is 2.63. The molecule has 1 aliphatic rings. The number of carbonyl (C=O) groups excluding carboxylic acids is 2. The molecule has 0 spiro atoms. The van der Waals surface area contributed by atoms with Crippen LogP contribution in [0.4, 0.5) is 0 Å². The number of rotatable bonds is 6. The molecular weight excluding hydrogens is 242 g/mol. The minimum atomic E-state index is -0.260. The average Bonchev–Trinajstić information content (AvgIpc) is 2.83. The Morgan fingerprint density at radius 2 is 1.84 bits per heavy atom. The molecule has 1 amide bonds. The predicted octanol–water partition coefficient (Wildman–Crippen LogP) is 2.61. The van der Waals surface area contributed by atoms with E-state index in [1.165, 1.54) is 7.11 Å². The summed E-state index contributed by atoms with van der Waals surface area (Å²) in [7, 11) is 3.17. The van der Waals surface area contributed by atoms with E-state index in [4.69, 9.17) is 0 Å². The van der Waals surface area contributed by atoms with Crippen LogP contribution in [-0.2, 0) is 14.3 Å². The zero-order valence-corrected chi connectivity index (χ0v) is 12.7. The van der Waals surface area contributed by atoms with E-state index in [1.807, 2.05) is 0 Å². The van der Waals surface area contributed by atoms with Gasteiger partial charge in [-0.15, -0.1) is 0 Å². The van der Waals surface area contributed by atoms with Gasteiger partial charge in [0.05, 0.1) is 13.5 Å². The standard InChI is InChI=1S/C15H27NO3/c1-12(2)11-15(8-5-6-9-15)14(18)16(3)10-7-13(17)19-4/h12H,5-11H2,1-4H3. The molecule has 0 heterocycles. The van der Waals surface area contributed by atoms with Gasteiger partial charge < -0.3 is 9.64 Å². The van der Waals surface area contributed by atoms with Crippen LogP contribution in [0.5, 0.6) is 0 Å². The normalized spacial score (nSPS) is 17.5. The molecule has 1 rings (SSSR count). The van der Waals surface area contributed by atoms with E-state index in [2.05, 4.69) is 18.6 Å². The van der Waals surface area contributed by atoms with Crippen molar-refractivity contribution < 1.29 is 14.3 Å². The molecule has 0 atom stereocenters. The Labute approximate surface area is 116 Å². The van der Waals surface area contributed by atoms with Crippen molar-refractivity contribution >= 4 is 11.9 Å². The molecule has 0 N–H and O–H groups in total. The summed E-state index contributed by atoms with van der Waals surface area (Å²) in [6.07, 6.45) is 5.50. The van der Waals surface area contributed by atoms with Crippen molar-refractivity contribution in [2.45, 2.75) is 52.4 Å². The number of methoxy groups -OCH3 is 1. The highest BCUT2D eigenvalue weighted by Gasteiger charge is 2.42. The molecule has 0 radical (unpaired) electrons. The van der Waals surface area contributed by atoms with E-state index in [1.54, 1.807) is 11.9 Å². The molecule has 1 saturated carbocycles. The van der Waals surface area contributed by atoms with Crippen LogP contribution in [0.1, 0.15) is 52.4 Å². The highest BCUT2D eigenvalue weighted by molar-refractivity contribution is 5.83. The van der Waals surface area contributed by atoms with Gasteiger partial charge in [-0.25, -0.2) is 0 Å². The molecule has 4 nitrogen and oxygen atoms in total. The molecule has 0 bridgehead atoms. The van der Waals surface area contributed by atoms with Crippen LogP contribution in [0.2, 0.25) is 0 Å². The molecule has 0 saturated heterocycles. The summed E-state index contributed by atoms with van der Waals surface area (Å²) in [5, 5.41) is 0. The molecule has 1 fully saturated rings. The average molecular weight is 269 g/mol. The fourth-order valence-corrected chi connectivity index (χ4v) is 3.21. The number of amides is 1. The van der Waals surface area contributed by atoms with Gasteiger partial charge in [-0.1, -0.05) is 26.7 Å². The topological polar surface area (TPSA) is 46.6 Å². The van der Waals surface area contributed by atoms with E-state index in [9.17, 15) is 9.59 Å². The Bertz CT molecular complexity index is 319. The Morgan fingerprint density at radius 1 is 1.26 bits per heavy atom. The third kappa shape index (κ3) is 4.22. The summed E-state index contributed by atoms with van der Waals surface area (Å²) >= 11 is 0. The first-order valence-corrected chi connectivity index (χ1v) is 7.23. The molecular formula is C15H27NO3. The second kappa shape index (κ2) is 6.92. The van der Waals surface area contributed by atoms with Crippen molar-refractivity contribution in [2.75, 3.05) is 20.7 Å². The molecule has 4 heteroatoms. The Kier molecular flexibility index (Phi) is 5.83. The van der Waals surface area contributed by atoms with Crippen LogP contribution < -0.4 is 0 Å². The predicted molar refractivity (Wildman–Crippen MR) is 74.6 cm³/mol. The van der Waals surface area contributed by atoms with Crippen LogP contribution in [0.15, 0.2) is 0 Å². The lowest BCUT2D eigenvalue weighted by Crippen LogP contribution is -2.42. The fourth-order valence-electron chi connectivity index (χ4n) is 3.21. The summed E-state index contributed by atoms with van der Waals surface area (Å²) in [6.45, 7) is 4.79. The van der Waals surface area contributed by atoms with Crippen molar-refractivity contribution in [1.29, 1.82) is 0 Å². The molecule has 0 aromatic heterocycles. The minimum absolute atomic E-state index is 0.182. The molecule has 19 heavy (non-hydrogen) atoms. The molecule has 1 aliphatic carbocycles. The molecule has 0 aromatic carbocycles. The van der Waals surface area contributed by atoms with Crippen molar-refractivity contribution in [3.63, 3.8) is 0 Å². The number of hydrogen-bond donors (Lipinski definition) is 0. The fraction of sp³-hybridized carbons (Fsp3) is 0.867. The second-order valence-corrected chi connectivity index (χ2v) is 6.14. The maximum atomic E-state index is 12.7. The number of esters is 1. The molecule has 0 aromatic rings. The number of hydrogen-bond acceptors (Lipinski definition) is 3. The molecule has 0 unspecified atom stereocenters. The number of ether oxygens (including phenoxy) is 1. The van der Waals surface area contributed by atoms with Gasteiger partial charge in [-0.3, -0.25) is 9.59 Å². The zero-order valence-electron chi connectivity index (χ0n) is 12.7. The lowest BCUT2D eigenvalue weighted by atomic mass is 9.77. The van der Waals surface area contributed by atoms with Crippen LogP contribution in [0.3, 0.4) is 0 Å². The van der Waals surface area contributed by atoms with Crippen LogP contribution in [0.25, 0.3) is 0 Å². The van der Waals surface area contributed by atoms with Crippen molar-refractivity contribution in [3.8, 4) is 0 Å². The van der Waals surface area contributed by atoms with Gasteiger partial charge in [0.25, 0.3) is 0 Å². The smallest absolute Gasteiger partial charge is 0.307 e. The first-order valence-electron chi connectivity index (χ1n) is 7.23. The second-order valence-electron chi connectivity index (χ2n) is 6.14. The van der Waals surface area contributed by atoms with Gasteiger partial charge >= 0.3 is 5.97 Å². The molecule has 0 aliphatic heterocycles. The summed E-state index contributed by atoms with van der Waals surface area (Å²) in [4.78, 5) is 25.5. The number of nitrogens with zero attached hydrogens (tertiary/aromatic N) is 1. The van der Waals surface area contributed by atoms with E-state index in [-0.39, 0.29) is 23.7 Å². The van der Waals surface area contributed by atoms with Gasteiger partial charge in [0.15, 0.2) is 0 Å². The van der Waals surface area contributed by atoms with Gasteiger partial charge in [-0.2, -0.15) is 0 Å². The van der Waals surface area contributed by atoms with Gasteiger partial charge in [-0.05, 0) is 25.2 Å². The van der Waals surface area contributed by atoms with E-state index < -0.39 is 0 Å².